The van der Waals surface area contributed by atoms with E-state index in [0.29, 0.717) is 26.4 Å². The summed E-state index contributed by atoms with van der Waals surface area (Å²) in [5, 5.41) is 6.70. The van der Waals surface area contributed by atoms with E-state index in [1.54, 1.807) is 0 Å². The number of guanidine groups is 1. The molecule has 0 amide bonds. The van der Waals surface area contributed by atoms with Crippen molar-refractivity contribution in [2.24, 2.45) is 4.99 Å². The molecule has 1 fully saturated rings. The van der Waals surface area contributed by atoms with Gasteiger partial charge in [0.25, 0.3) is 0 Å². The monoisotopic (exact) mass is 520 g/mol. The number of hydrogen-bond acceptors (Lipinski definition) is 5. The molecule has 1 unspecified atom stereocenters. The quantitative estimate of drug-likeness (QED) is 0.214. The van der Waals surface area contributed by atoms with E-state index in [0.717, 1.165) is 50.1 Å². The van der Waals surface area contributed by atoms with Crippen molar-refractivity contribution in [3.63, 3.8) is 0 Å². The lowest BCUT2D eigenvalue weighted by molar-refractivity contribution is -0.0161. The Balaban J connectivity index is 0.00000420. The molecule has 0 aromatic heterocycles. The first-order valence-electron chi connectivity index (χ1n) is 10.2. The number of halogens is 1. The van der Waals surface area contributed by atoms with Crippen molar-refractivity contribution < 1.29 is 14.2 Å². The summed E-state index contributed by atoms with van der Waals surface area (Å²) >= 11 is 0. The maximum Gasteiger partial charge on any atom is 0.191 e. The summed E-state index contributed by atoms with van der Waals surface area (Å²) in [5.41, 5.74) is 2.23. The molecule has 7 nitrogen and oxygen atoms in total. The van der Waals surface area contributed by atoms with E-state index in [4.69, 9.17) is 19.2 Å². The molecule has 0 radical (unpaired) electrons. The fourth-order valence-corrected chi connectivity index (χ4v) is 2.99. The molecule has 1 aliphatic rings. The molecule has 1 aromatic rings. The van der Waals surface area contributed by atoms with Gasteiger partial charge in [-0.25, -0.2) is 4.99 Å². The number of aliphatic imine (C=N–C) groups is 1. The van der Waals surface area contributed by atoms with Crippen LogP contribution < -0.4 is 15.4 Å². The summed E-state index contributed by atoms with van der Waals surface area (Å²) in [6, 6.07) is 6.23. The minimum Gasteiger partial charge on any atom is -0.491 e. The predicted molar refractivity (Wildman–Crippen MR) is 129 cm³/mol. The van der Waals surface area contributed by atoms with Crippen LogP contribution in [0.3, 0.4) is 0 Å². The zero-order valence-electron chi connectivity index (χ0n) is 18.2. The molecular weight excluding hydrogens is 483 g/mol. The van der Waals surface area contributed by atoms with E-state index in [1.165, 1.54) is 5.56 Å². The van der Waals surface area contributed by atoms with Crippen LogP contribution in [0, 0.1) is 6.92 Å². The van der Waals surface area contributed by atoms with Gasteiger partial charge in [0.1, 0.15) is 12.4 Å². The summed E-state index contributed by atoms with van der Waals surface area (Å²) in [7, 11) is 2.12. The molecule has 29 heavy (non-hydrogen) atoms. The molecule has 2 rings (SSSR count). The molecule has 1 aliphatic heterocycles. The third kappa shape index (κ3) is 9.97. The molecule has 1 aromatic carbocycles. The lowest BCUT2D eigenvalue weighted by Crippen LogP contribution is -2.48. The van der Waals surface area contributed by atoms with E-state index in [9.17, 15) is 0 Å². The predicted octanol–water partition coefficient (Wildman–Crippen LogP) is 2.41. The van der Waals surface area contributed by atoms with Gasteiger partial charge in [-0.15, -0.1) is 24.0 Å². The molecule has 0 bridgehead atoms. The number of nitrogens with one attached hydrogen (secondary N) is 2. The first-order chi connectivity index (χ1) is 13.6. The van der Waals surface area contributed by atoms with Crippen LogP contribution in [0.5, 0.6) is 5.75 Å². The van der Waals surface area contributed by atoms with Gasteiger partial charge in [-0.3, -0.25) is 0 Å². The van der Waals surface area contributed by atoms with Gasteiger partial charge in [-0.2, -0.15) is 0 Å². The lowest BCUT2D eigenvalue weighted by Gasteiger charge is -2.30. The van der Waals surface area contributed by atoms with Gasteiger partial charge in [0, 0.05) is 38.3 Å². The van der Waals surface area contributed by atoms with Gasteiger partial charge in [-0.05, 0) is 39.4 Å². The average Bonchev–Trinajstić information content (AvgIpc) is 2.68. The fraction of sp³-hybridized carbons (Fsp3) is 0.667. The second kappa shape index (κ2) is 14.8. The third-order valence-electron chi connectivity index (χ3n) is 4.50. The Morgan fingerprint density at radius 2 is 2.10 bits per heavy atom. The van der Waals surface area contributed by atoms with E-state index >= 15 is 0 Å². The molecule has 0 aliphatic carbocycles. The van der Waals surface area contributed by atoms with Crippen LogP contribution >= 0.6 is 24.0 Å². The highest BCUT2D eigenvalue weighted by molar-refractivity contribution is 14.0. The summed E-state index contributed by atoms with van der Waals surface area (Å²) in [5.74, 6) is 1.66. The summed E-state index contributed by atoms with van der Waals surface area (Å²) in [6.45, 7) is 12.7. The summed E-state index contributed by atoms with van der Waals surface area (Å²) in [6.07, 6.45) is 0.180. The second-order valence-corrected chi connectivity index (χ2v) is 6.99. The minimum atomic E-state index is 0. The molecule has 2 N–H and O–H groups in total. The first-order valence-corrected chi connectivity index (χ1v) is 10.2. The summed E-state index contributed by atoms with van der Waals surface area (Å²) in [4.78, 5) is 7.03. The third-order valence-corrected chi connectivity index (χ3v) is 4.50. The van der Waals surface area contributed by atoms with Gasteiger partial charge < -0.3 is 29.7 Å². The topological polar surface area (TPSA) is 67.4 Å². The van der Waals surface area contributed by atoms with Crippen molar-refractivity contribution in [3.8, 4) is 5.75 Å². The normalized spacial score (nSPS) is 17.5. The molecule has 8 heteroatoms. The van der Waals surface area contributed by atoms with Crippen LogP contribution in [-0.2, 0) is 16.0 Å². The highest BCUT2D eigenvalue weighted by Crippen LogP contribution is 2.21. The Morgan fingerprint density at radius 3 is 2.83 bits per heavy atom. The van der Waals surface area contributed by atoms with Gasteiger partial charge >= 0.3 is 0 Å². The van der Waals surface area contributed by atoms with Gasteiger partial charge in [-0.1, -0.05) is 12.1 Å². The van der Waals surface area contributed by atoms with E-state index in [-0.39, 0.29) is 30.1 Å². The maximum atomic E-state index is 5.92. The standard InChI is InChI=1S/C21H36N4O3.HI/c1-5-22-21(24-15-19-16-25(4)9-10-27-19)23-14-18-8-7-17(3)13-20(18)28-12-11-26-6-2;/h7-8,13,19H,5-6,9-12,14-16H2,1-4H3,(H2,22,23,24);1H. The van der Waals surface area contributed by atoms with Crippen molar-refractivity contribution in [1.29, 1.82) is 0 Å². The highest BCUT2D eigenvalue weighted by atomic mass is 127. The van der Waals surface area contributed by atoms with Crippen molar-refractivity contribution in [1.82, 2.24) is 15.5 Å². The Hall–Kier alpha value is -1.10. The molecular formula is C21H37IN4O3. The van der Waals surface area contributed by atoms with Gasteiger partial charge in [0.15, 0.2) is 5.96 Å². The Kier molecular flexibility index (Phi) is 13.2. The van der Waals surface area contributed by atoms with Crippen molar-refractivity contribution in [2.45, 2.75) is 33.4 Å². The number of hydrogen-bond donors (Lipinski definition) is 2. The Labute approximate surface area is 192 Å². The number of ether oxygens (including phenoxy) is 3. The number of rotatable bonds is 10. The SMILES string of the molecule is CCNC(=NCc1ccc(C)cc1OCCOCC)NCC1CN(C)CCO1.I. The number of likely N-dealkylation sites (N-methyl/N-ethyl adjacent to an activating group) is 1. The van der Waals surface area contributed by atoms with Crippen LogP contribution in [-0.4, -0.2) is 76.6 Å². The van der Waals surface area contributed by atoms with E-state index in [1.807, 2.05) is 6.92 Å². The van der Waals surface area contributed by atoms with Crippen molar-refractivity contribution >= 4 is 29.9 Å². The zero-order chi connectivity index (χ0) is 20.2. The average molecular weight is 520 g/mol. The van der Waals surface area contributed by atoms with Crippen LogP contribution in [0.25, 0.3) is 0 Å². The Morgan fingerprint density at radius 1 is 1.28 bits per heavy atom. The molecule has 0 spiro atoms. The Bertz CT molecular complexity index is 616. The first kappa shape index (κ1) is 25.9. The van der Waals surface area contributed by atoms with E-state index in [2.05, 4.69) is 54.6 Å². The van der Waals surface area contributed by atoms with Crippen LogP contribution in [0.1, 0.15) is 25.0 Å². The number of morpholine rings is 1. The van der Waals surface area contributed by atoms with E-state index < -0.39 is 0 Å². The fourth-order valence-electron chi connectivity index (χ4n) is 2.99. The minimum absolute atomic E-state index is 0. The highest BCUT2D eigenvalue weighted by Gasteiger charge is 2.17. The molecule has 0 saturated carbocycles. The van der Waals surface area contributed by atoms with Gasteiger partial charge in [0.2, 0.25) is 0 Å². The molecule has 1 saturated heterocycles. The summed E-state index contributed by atoms with van der Waals surface area (Å²) < 4.78 is 17.1. The molecule has 166 valence electrons. The van der Waals surface area contributed by atoms with Crippen molar-refractivity contribution in [3.05, 3.63) is 29.3 Å². The smallest absolute Gasteiger partial charge is 0.191 e. The molecule has 1 atom stereocenters. The van der Waals surface area contributed by atoms with Crippen LogP contribution in [0.2, 0.25) is 0 Å². The maximum absolute atomic E-state index is 5.92. The van der Waals surface area contributed by atoms with Crippen LogP contribution in [0.15, 0.2) is 23.2 Å². The van der Waals surface area contributed by atoms with Gasteiger partial charge in [0.05, 0.1) is 25.9 Å². The number of aryl methyl sites for hydroxylation is 1. The molecule has 1 heterocycles. The second-order valence-electron chi connectivity index (χ2n) is 6.99. The number of benzene rings is 1. The lowest BCUT2D eigenvalue weighted by atomic mass is 10.1. The zero-order valence-corrected chi connectivity index (χ0v) is 20.5. The largest absolute Gasteiger partial charge is 0.491 e. The number of nitrogens with zero attached hydrogens (tertiary/aromatic N) is 2. The van der Waals surface area contributed by atoms with Crippen LogP contribution in [0.4, 0.5) is 0 Å². The van der Waals surface area contributed by atoms with Crippen molar-refractivity contribution in [2.75, 3.05) is 59.7 Å².